The summed E-state index contributed by atoms with van der Waals surface area (Å²) in [7, 11) is 1.61. The Morgan fingerprint density at radius 1 is 1.21 bits per heavy atom. The van der Waals surface area contributed by atoms with E-state index < -0.39 is 5.97 Å². The molecule has 2 heterocycles. The van der Waals surface area contributed by atoms with E-state index in [9.17, 15) is 9.59 Å². The van der Waals surface area contributed by atoms with Gasteiger partial charge in [-0.25, -0.2) is 9.78 Å². The van der Waals surface area contributed by atoms with Crippen molar-refractivity contribution in [3.8, 4) is 16.3 Å². The minimum atomic E-state index is -0.530. The smallest absolute Gasteiger partial charge is 0.350 e. The SMILES string of the molecule is COc1ccc(-c2nc(C)c(C(=O)OCC(=O)N3C[C@H](C)O[C@@H](C)C3)s2)cc1. The minimum Gasteiger partial charge on any atom is -0.497 e. The number of aryl methyl sites for hydroxylation is 1. The average Bonchev–Trinajstić information content (AvgIpc) is 3.07. The summed E-state index contributed by atoms with van der Waals surface area (Å²) >= 11 is 1.25. The number of esters is 1. The molecule has 1 amide bonds. The summed E-state index contributed by atoms with van der Waals surface area (Å²) in [5, 5.41) is 0.717. The van der Waals surface area contributed by atoms with E-state index in [1.54, 1.807) is 18.9 Å². The number of hydrogen-bond acceptors (Lipinski definition) is 7. The van der Waals surface area contributed by atoms with Crippen LogP contribution in [0.3, 0.4) is 0 Å². The largest absolute Gasteiger partial charge is 0.497 e. The average molecular weight is 404 g/mol. The maximum Gasteiger partial charge on any atom is 0.350 e. The zero-order chi connectivity index (χ0) is 20.3. The molecule has 1 fully saturated rings. The molecule has 8 heteroatoms. The van der Waals surface area contributed by atoms with Crippen LogP contribution < -0.4 is 4.74 Å². The van der Waals surface area contributed by atoms with Gasteiger partial charge in [-0.05, 0) is 45.0 Å². The Bertz CT molecular complexity index is 839. The first-order chi connectivity index (χ1) is 13.4. The van der Waals surface area contributed by atoms with Crippen LogP contribution >= 0.6 is 11.3 Å². The lowest BCUT2D eigenvalue weighted by atomic mass is 10.2. The van der Waals surface area contributed by atoms with Crippen molar-refractivity contribution < 1.29 is 23.8 Å². The third-order valence-electron chi connectivity index (χ3n) is 4.42. The number of carbonyl (C=O) groups excluding carboxylic acids is 2. The molecule has 0 radical (unpaired) electrons. The van der Waals surface area contributed by atoms with Crippen LogP contribution in [-0.2, 0) is 14.3 Å². The Hall–Kier alpha value is -2.45. The van der Waals surface area contributed by atoms with E-state index in [1.165, 1.54) is 11.3 Å². The molecule has 1 aliphatic heterocycles. The predicted molar refractivity (Wildman–Crippen MR) is 106 cm³/mol. The second-order valence-corrected chi connectivity index (χ2v) is 7.79. The van der Waals surface area contributed by atoms with Crippen LogP contribution in [0.1, 0.15) is 29.2 Å². The van der Waals surface area contributed by atoms with Crippen molar-refractivity contribution in [1.29, 1.82) is 0 Å². The number of methoxy groups -OCH3 is 1. The molecular weight excluding hydrogens is 380 g/mol. The molecule has 0 saturated carbocycles. The number of ether oxygens (including phenoxy) is 3. The summed E-state index contributed by atoms with van der Waals surface area (Å²) in [5.41, 5.74) is 1.47. The van der Waals surface area contributed by atoms with E-state index in [4.69, 9.17) is 14.2 Å². The van der Waals surface area contributed by atoms with Crippen molar-refractivity contribution >= 4 is 23.2 Å². The third-order valence-corrected chi connectivity index (χ3v) is 5.60. The molecule has 2 atom stereocenters. The predicted octanol–water partition coefficient (Wildman–Crippen LogP) is 2.92. The zero-order valence-electron chi connectivity index (χ0n) is 16.4. The fraction of sp³-hybridized carbons (Fsp3) is 0.450. The van der Waals surface area contributed by atoms with Gasteiger partial charge in [0.2, 0.25) is 0 Å². The Kier molecular flexibility index (Phi) is 6.31. The van der Waals surface area contributed by atoms with E-state index in [0.29, 0.717) is 28.7 Å². The van der Waals surface area contributed by atoms with Crippen LogP contribution in [0.5, 0.6) is 5.75 Å². The molecule has 3 rings (SSSR count). The normalized spacial score (nSPS) is 19.4. The summed E-state index contributed by atoms with van der Waals surface area (Å²) in [6.45, 7) is 6.32. The Morgan fingerprint density at radius 2 is 1.86 bits per heavy atom. The highest BCUT2D eigenvalue weighted by Crippen LogP contribution is 2.29. The molecule has 0 bridgehead atoms. The van der Waals surface area contributed by atoms with Gasteiger partial charge in [-0.15, -0.1) is 11.3 Å². The number of benzene rings is 1. The van der Waals surface area contributed by atoms with E-state index in [1.807, 2.05) is 38.1 Å². The molecular formula is C20H24N2O5S. The van der Waals surface area contributed by atoms with E-state index >= 15 is 0 Å². The Labute approximate surface area is 168 Å². The second kappa shape index (κ2) is 8.70. The molecule has 1 aliphatic rings. The van der Waals surface area contributed by atoms with Crippen molar-refractivity contribution in [2.24, 2.45) is 0 Å². The first kappa shape index (κ1) is 20.3. The van der Waals surface area contributed by atoms with Gasteiger partial charge < -0.3 is 19.1 Å². The summed E-state index contributed by atoms with van der Waals surface area (Å²) in [6, 6.07) is 7.45. The lowest BCUT2D eigenvalue weighted by Crippen LogP contribution is -2.49. The molecule has 0 spiro atoms. The van der Waals surface area contributed by atoms with Gasteiger partial charge in [0.15, 0.2) is 6.61 Å². The molecule has 0 unspecified atom stereocenters. The zero-order valence-corrected chi connectivity index (χ0v) is 17.2. The number of aromatic nitrogens is 1. The van der Waals surface area contributed by atoms with Crippen LogP contribution in [0, 0.1) is 6.92 Å². The summed E-state index contributed by atoms with van der Waals surface area (Å²) in [6.07, 6.45) is -0.0570. The molecule has 150 valence electrons. The Morgan fingerprint density at radius 3 is 2.46 bits per heavy atom. The minimum absolute atomic E-state index is 0.0285. The molecule has 7 nitrogen and oxygen atoms in total. The van der Waals surface area contributed by atoms with Crippen molar-refractivity contribution in [2.75, 3.05) is 26.8 Å². The standard InChI is InChI=1S/C20H24N2O5S/c1-12-9-22(10-13(2)27-12)17(23)11-26-20(24)18-14(3)21-19(28-18)15-5-7-16(25-4)8-6-15/h5-8,12-13H,9-11H2,1-4H3/t12-,13-/m0/s1. The van der Waals surface area contributed by atoms with Gasteiger partial charge in [0.25, 0.3) is 5.91 Å². The molecule has 1 aromatic heterocycles. The van der Waals surface area contributed by atoms with Crippen LogP contribution in [-0.4, -0.2) is 60.8 Å². The van der Waals surface area contributed by atoms with Crippen molar-refractivity contribution in [2.45, 2.75) is 33.0 Å². The first-order valence-corrected chi connectivity index (χ1v) is 9.91. The van der Waals surface area contributed by atoms with Crippen LogP contribution in [0.25, 0.3) is 10.6 Å². The monoisotopic (exact) mass is 404 g/mol. The number of amides is 1. The Balaban J connectivity index is 1.63. The van der Waals surface area contributed by atoms with Gasteiger partial charge in [0.1, 0.15) is 15.6 Å². The molecule has 28 heavy (non-hydrogen) atoms. The highest BCUT2D eigenvalue weighted by molar-refractivity contribution is 7.17. The first-order valence-electron chi connectivity index (χ1n) is 9.09. The van der Waals surface area contributed by atoms with Crippen LogP contribution in [0.15, 0.2) is 24.3 Å². The summed E-state index contributed by atoms with van der Waals surface area (Å²) in [4.78, 5) is 31.4. The molecule has 1 aromatic carbocycles. The van der Waals surface area contributed by atoms with Gasteiger partial charge in [0, 0.05) is 18.7 Å². The summed E-state index contributed by atoms with van der Waals surface area (Å²) in [5.74, 6) is 0.00675. The van der Waals surface area contributed by atoms with Crippen molar-refractivity contribution in [1.82, 2.24) is 9.88 Å². The molecule has 2 aromatic rings. The van der Waals surface area contributed by atoms with Crippen molar-refractivity contribution in [3.05, 3.63) is 34.8 Å². The number of hydrogen-bond donors (Lipinski definition) is 0. The lowest BCUT2D eigenvalue weighted by Gasteiger charge is -2.35. The number of rotatable bonds is 5. The van der Waals surface area contributed by atoms with Crippen molar-refractivity contribution in [3.63, 3.8) is 0 Å². The highest BCUT2D eigenvalue weighted by Gasteiger charge is 2.27. The number of nitrogens with zero attached hydrogens (tertiary/aromatic N) is 2. The maximum atomic E-state index is 12.5. The second-order valence-electron chi connectivity index (χ2n) is 6.79. The maximum absolute atomic E-state index is 12.5. The van der Waals surface area contributed by atoms with Gasteiger partial charge in [0.05, 0.1) is 25.0 Å². The van der Waals surface area contributed by atoms with Gasteiger partial charge in [-0.2, -0.15) is 0 Å². The fourth-order valence-electron chi connectivity index (χ4n) is 3.11. The van der Waals surface area contributed by atoms with E-state index in [2.05, 4.69) is 4.98 Å². The number of thiazole rings is 1. The third kappa shape index (κ3) is 4.69. The fourth-order valence-corrected chi connectivity index (χ4v) is 4.07. The molecule has 1 saturated heterocycles. The van der Waals surface area contributed by atoms with Gasteiger partial charge in [-0.1, -0.05) is 0 Å². The summed E-state index contributed by atoms with van der Waals surface area (Å²) < 4.78 is 16.0. The highest BCUT2D eigenvalue weighted by atomic mass is 32.1. The van der Waals surface area contributed by atoms with Gasteiger partial charge >= 0.3 is 5.97 Å². The molecule has 0 N–H and O–H groups in total. The van der Waals surface area contributed by atoms with Crippen LogP contribution in [0.2, 0.25) is 0 Å². The molecule has 0 aliphatic carbocycles. The van der Waals surface area contributed by atoms with Crippen LogP contribution in [0.4, 0.5) is 0 Å². The van der Waals surface area contributed by atoms with E-state index in [-0.39, 0.29) is 24.7 Å². The van der Waals surface area contributed by atoms with E-state index in [0.717, 1.165) is 11.3 Å². The number of morpholine rings is 1. The quantitative estimate of drug-likeness (QED) is 0.713. The topological polar surface area (TPSA) is 78.0 Å². The van der Waals surface area contributed by atoms with Gasteiger partial charge in [-0.3, -0.25) is 4.79 Å². The lowest BCUT2D eigenvalue weighted by molar-refractivity contribution is -0.146. The number of carbonyl (C=O) groups is 2.